The van der Waals surface area contributed by atoms with E-state index in [0.717, 1.165) is 6.42 Å². The molecule has 1 heterocycles. The fraction of sp³-hybridized carbons (Fsp3) is 0.267. The van der Waals surface area contributed by atoms with Gasteiger partial charge in [-0.3, -0.25) is 4.79 Å². The lowest BCUT2D eigenvalue weighted by Crippen LogP contribution is -2.22. The van der Waals surface area contributed by atoms with Crippen LogP contribution in [0.25, 0.3) is 6.08 Å². The van der Waals surface area contributed by atoms with E-state index in [2.05, 4.69) is 24.3 Å². The van der Waals surface area contributed by atoms with Gasteiger partial charge in [0.2, 0.25) is 0 Å². The van der Waals surface area contributed by atoms with Gasteiger partial charge in [-0.15, -0.1) is 0 Å². The summed E-state index contributed by atoms with van der Waals surface area (Å²) in [6, 6.07) is 10.1. The molecule has 0 saturated heterocycles. The molecule has 1 aliphatic heterocycles. The highest BCUT2D eigenvalue weighted by Gasteiger charge is 2.58. The van der Waals surface area contributed by atoms with E-state index < -0.39 is 0 Å². The second kappa shape index (κ2) is 3.88. The number of rotatable bonds is 2. The lowest BCUT2D eigenvalue weighted by atomic mass is 10.0. The average Bonchev–Trinajstić information content (AvgIpc) is 3.07. The second-order valence-corrected chi connectivity index (χ2v) is 4.62. The molecule has 1 spiro atoms. The van der Waals surface area contributed by atoms with Crippen LogP contribution in [0.4, 0.5) is 0 Å². The van der Waals surface area contributed by atoms with Crippen molar-refractivity contribution >= 4 is 12.0 Å². The van der Waals surface area contributed by atoms with Crippen molar-refractivity contribution < 1.29 is 9.53 Å². The number of hydrogen-bond acceptors (Lipinski definition) is 2. The molecule has 1 aromatic carbocycles. The monoisotopic (exact) mass is 226 g/mol. The zero-order valence-electron chi connectivity index (χ0n) is 9.50. The van der Waals surface area contributed by atoms with Crippen LogP contribution in [-0.4, -0.2) is 12.6 Å². The third kappa shape index (κ3) is 1.80. The first-order valence-electron chi connectivity index (χ1n) is 5.89. The SMILES string of the molecule is O=C1OCC=C[C@]12C[C@@H]2C=Cc1ccccc1. The molecule has 0 bridgehead atoms. The Morgan fingerprint density at radius 1 is 1.29 bits per heavy atom. The maximum absolute atomic E-state index is 11.7. The number of cyclic esters (lactones) is 1. The van der Waals surface area contributed by atoms with E-state index in [0.29, 0.717) is 12.5 Å². The summed E-state index contributed by atoms with van der Waals surface area (Å²) in [5.41, 5.74) is 0.825. The van der Waals surface area contributed by atoms with Crippen LogP contribution in [0.1, 0.15) is 12.0 Å². The lowest BCUT2D eigenvalue weighted by Gasteiger charge is -2.14. The standard InChI is InChI=1S/C15H14O2/c16-14-15(9-4-10-17-14)11-13(15)8-7-12-5-2-1-3-6-12/h1-9,13H,10-11H2/t13-,15+/m0/s1. The van der Waals surface area contributed by atoms with Gasteiger partial charge in [0.05, 0.1) is 5.41 Å². The van der Waals surface area contributed by atoms with Crippen molar-refractivity contribution in [2.45, 2.75) is 6.42 Å². The summed E-state index contributed by atoms with van der Waals surface area (Å²) in [5, 5.41) is 0. The van der Waals surface area contributed by atoms with Crippen molar-refractivity contribution in [3.05, 3.63) is 54.1 Å². The molecule has 1 aromatic rings. The summed E-state index contributed by atoms with van der Waals surface area (Å²) in [7, 11) is 0. The molecule has 0 amide bonds. The molecular weight excluding hydrogens is 212 g/mol. The van der Waals surface area contributed by atoms with Crippen molar-refractivity contribution in [3.63, 3.8) is 0 Å². The molecular formula is C15H14O2. The number of carbonyl (C=O) groups excluding carboxylic acids is 1. The zero-order chi connectivity index (χ0) is 11.7. The quantitative estimate of drug-likeness (QED) is 0.572. The number of esters is 1. The summed E-state index contributed by atoms with van der Waals surface area (Å²) in [4.78, 5) is 11.7. The minimum absolute atomic E-state index is 0.0669. The van der Waals surface area contributed by atoms with Crippen LogP contribution < -0.4 is 0 Å². The maximum atomic E-state index is 11.7. The molecule has 0 N–H and O–H groups in total. The number of benzene rings is 1. The lowest BCUT2D eigenvalue weighted by molar-refractivity contribution is -0.148. The normalized spacial score (nSPS) is 30.8. The van der Waals surface area contributed by atoms with Gasteiger partial charge >= 0.3 is 5.97 Å². The second-order valence-electron chi connectivity index (χ2n) is 4.62. The minimum atomic E-state index is -0.344. The highest BCUT2D eigenvalue weighted by molar-refractivity contribution is 5.85. The molecule has 2 nitrogen and oxygen atoms in total. The van der Waals surface area contributed by atoms with Crippen molar-refractivity contribution in [1.82, 2.24) is 0 Å². The van der Waals surface area contributed by atoms with Crippen LogP contribution in [0.5, 0.6) is 0 Å². The molecule has 2 aliphatic rings. The first-order chi connectivity index (χ1) is 8.31. The fourth-order valence-electron chi connectivity index (χ4n) is 2.35. The molecule has 0 unspecified atom stereocenters. The largest absolute Gasteiger partial charge is 0.461 e. The van der Waals surface area contributed by atoms with Gasteiger partial charge in [0.15, 0.2) is 0 Å². The summed E-state index contributed by atoms with van der Waals surface area (Å²) < 4.78 is 5.08. The Kier molecular flexibility index (Phi) is 2.36. The van der Waals surface area contributed by atoms with Gasteiger partial charge in [0.1, 0.15) is 6.61 Å². The number of ether oxygens (including phenoxy) is 1. The van der Waals surface area contributed by atoms with Crippen LogP contribution in [0.3, 0.4) is 0 Å². The van der Waals surface area contributed by atoms with E-state index >= 15 is 0 Å². The van der Waals surface area contributed by atoms with Gasteiger partial charge < -0.3 is 4.74 Å². The van der Waals surface area contributed by atoms with Crippen LogP contribution >= 0.6 is 0 Å². The fourth-order valence-corrected chi connectivity index (χ4v) is 2.35. The van der Waals surface area contributed by atoms with Crippen LogP contribution in [0.2, 0.25) is 0 Å². The van der Waals surface area contributed by atoms with E-state index in [9.17, 15) is 4.79 Å². The zero-order valence-corrected chi connectivity index (χ0v) is 9.50. The first kappa shape index (κ1) is 10.3. The van der Waals surface area contributed by atoms with Gasteiger partial charge in [-0.25, -0.2) is 0 Å². The Labute approximate surface area is 101 Å². The van der Waals surface area contributed by atoms with Gasteiger partial charge in [-0.2, -0.15) is 0 Å². The Bertz CT molecular complexity index is 487. The minimum Gasteiger partial charge on any atom is -0.461 e. The molecule has 17 heavy (non-hydrogen) atoms. The van der Waals surface area contributed by atoms with Crippen LogP contribution in [0.15, 0.2) is 48.6 Å². The van der Waals surface area contributed by atoms with Gasteiger partial charge in [-0.05, 0) is 17.9 Å². The Hall–Kier alpha value is -1.83. The van der Waals surface area contributed by atoms with E-state index in [4.69, 9.17) is 4.74 Å². The number of carbonyl (C=O) groups is 1. The van der Waals surface area contributed by atoms with Crippen molar-refractivity contribution in [2.24, 2.45) is 11.3 Å². The summed E-state index contributed by atoms with van der Waals surface area (Å²) in [5.74, 6) is 0.231. The Morgan fingerprint density at radius 3 is 2.88 bits per heavy atom. The molecule has 2 atom stereocenters. The summed E-state index contributed by atoms with van der Waals surface area (Å²) >= 11 is 0. The van der Waals surface area contributed by atoms with Gasteiger partial charge in [-0.1, -0.05) is 54.6 Å². The van der Waals surface area contributed by atoms with Gasteiger partial charge in [0, 0.05) is 0 Å². The highest BCUT2D eigenvalue weighted by Crippen LogP contribution is 2.56. The molecule has 0 radical (unpaired) electrons. The molecule has 3 rings (SSSR count). The predicted molar refractivity (Wildman–Crippen MR) is 66.1 cm³/mol. The molecule has 1 aliphatic carbocycles. The van der Waals surface area contributed by atoms with E-state index in [1.54, 1.807) is 0 Å². The Morgan fingerprint density at radius 2 is 2.12 bits per heavy atom. The maximum Gasteiger partial charge on any atom is 0.316 e. The third-order valence-corrected chi connectivity index (χ3v) is 3.49. The third-order valence-electron chi connectivity index (χ3n) is 3.49. The van der Waals surface area contributed by atoms with E-state index in [1.807, 2.05) is 30.4 Å². The van der Waals surface area contributed by atoms with Gasteiger partial charge in [0.25, 0.3) is 0 Å². The number of allylic oxidation sites excluding steroid dienone is 1. The van der Waals surface area contributed by atoms with Crippen molar-refractivity contribution in [1.29, 1.82) is 0 Å². The van der Waals surface area contributed by atoms with Crippen LogP contribution in [0, 0.1) is 11.3 Å². The molecule has 1 saturated carbocycles. The highest BCUT2D eigenvalue weighted by atomic mass is 16.5. The predicted octanol–water partition coefficient (Wildman–Crippen LogP) is 2.82. The molecule has 1 fully saturated rings. The van der Waals surface area contributed by atoms with E-state index in [1.165, 1.54) is 5.56 Å². The molecule has 86 valence electrons. The smallest absolute Gasteiger partial charge is 0.316 e. The molecule has 0 aromatic heterocycles. The van der Waals surface area contributed by atoms with Crippen molar-refractivity contribution in [2.75, 3.05) is 6.61 Å². The first-order valence-corrected chi connectivity index (χ1v) is 5.89. The van der Waals surface area contributed by atoms with E-state index in [-0.39, 0.29) is 11.4 Å². The summed E-state index contributed by atoms with van der Waals surface area (Å²) in [6.45, 7) is 0.426. The molecule has 2 heteroatoms. The Balaban J connectivity index is 1.73. The summed E-state index contributed by atoms with van der Waals surface area (Å²) in [6.07, 6.45) is 9.03. The topological polar surface area (TPSA) is 26.3 Å². The van der Waals surface area contributed by atoms with Crippen molar-refractivity contribution in [3.8, 4) is 0 Å². The number of hydrogen-bond donors (Lipinski definition) is 0. The average molecular weight is 226 g/mol. The van der Waals surface area contributed by atoms with Crippen LogP contribution in [-0.2, 0) is 9.53 Å².